The van der Waals surface area contributed by atoms with Crippen LogP contribution < -0.4 is 0 Å². The summed E-state index contributed by atoms with van der Waals surface area (Å²) in [5.74, 6) is 0.873. The van der Waals surface area contributed by atoms with Crippen molar-refractivity contribution in [3.63, 3.8) is 0 Å². The Hall–Kier alpha value is -1.48. The SMILES string of the molecule is Cc1nc2sc([C@H](c3cccs3)N3CCOCC3)c(O)n2n1. The van der Waals surface area contributed by atoms with E-state index in [0.29, 0.717) is 5.82 Å². The predicted octanol–water partition coefficient (Wildman–Crippen LogP) is 2.29. The number of hydrogen-bond acceptors (Lipinski definition) is 7. The Morgan fingerprint density at radius 2 is 2.18 bits per heavy atom. The molecule has 1 aliphatic rings. The quantitative estimate of drug-likeness (QED) is 0.795. The van der Waals surface area contributed by atoms with Gasteiger partial charge in [0.15, 0.2) is 0 Å². The Morgan fingerprint density at radius 1 is 1.36 bits per heavy atom. The molecular formula is C14H16N4O2S2. The molecule has 6 nitrogen and oxygen atoms in total. The number of nitrogens with zero attached hydrogens (tertiary/aromatic N) is 4. The smallest absolute Gasteiger partial charge is 0.230 e. The van der Waals surface area contributed by atoms with Crippen LogP contribution in [0.3, 0.4) is 0 Å². The van der Waals surface area contributed by atoms with E-state index in [9.17, 15) is 5.11 Å². The van der Waals surface area contributed by atoms with Crippen molar-refractivity contribution < 1.29 is 9.84 Å². The Balaban J connectivity index is 1.81. The summed E-state index contributed by atoms with van der Waals surface area (Å²) in [6.45, 7) is 4.99. The first kappa shape index (κ1) is 14.1. The van der Waals surface area contributed by atoms with Crippen molar-refractivity contribution in [2.45, 2.75) is 13.0 Å². The zero-order valence-electron chi connectivity index (χ0n) is 12.1. The molecule has 0 aliphatic carbocycles. The van der Waals surface area contributed by atoms with Crippen molar-refractivity contribution in [1.82, 2.24) is 19.5 Å². The van der Waals surface area contributed by atoms with Crippen LogP contribution in [0.2, 0.25) is 0 Å². The van der Waals surface area contributed by atoms with Crippen LogP contribution in [-0.4, -0.2) is 50.9 Å². The normalized spacial score (nSPS) is 18.0. The summed E-state index contributed by atoms with van der Waals surface area (Å²) in [5, 5.41) is 17.0. The molecule has 116 valence electrons. The van der Waals surface area contributed by atoms with E-state index in [-0.39, 0.29) is 11.9 Å². The van der Waals surface area contributed by atoms with E-state index >= 15 is 0 Å². The molecule has 0 radical (unpaired) electrons. The fraction of sp³-hybridized carbons (Fsp3) is 0.429. The summed E-state index contributed by atoms with van der Waals surface area (Å²) in [7, 11) is 0. The molecule has 1 saturated heterocycles. The van der Waals surface area contributed by atoms with Crippen LogP contribution in [0.5, 0.6) is 5.88 Å². The van der Waals surface area contributed by atoms with Crippen molar-refractivity contribution >= 4 is 27.6 Å². The number of rotatable bonds is 3. The van der Waals surface area contributed by atoms with Crippen LogP contribution in [0.4, 0.5) is 0 Å². The molecule has 1 N–H and O–H groups in total. The molecule has 4 heterocycles. The first-order valence-corrected chi connectivity index (χ1v) is 8.84. The van der Waals surface area contributed by atoms with Crippen LogP contribution in [-0.2, 0) is 4.74 Å². The van der Waals surface area contributed by atoms with E-state index in [0.717, 1.165) is 36.1 Å². The van der Waals surface area contributed by atoms with Gasteiger partial charge in [-0.25, -0.2) is 4.98 Å². The van der Waals surface area contributed by atoms with Gasteiger partial charge in [-0.15, -0.1) is 16.4 Å². The zero-order chi connectivity index (χ0) is 15.1. The van der Waals surface area contributed by atoms with Gasteiger partial charge in [-0.05, 0) is 18.4 Å². The monoisotopic (exact) mass is 336 g/mol. The van der Waals surface area contributed by atoms with E-state index < -0.39 is 0 Å². The van der Waals surface area contributed by atoms with E-state index in [2.05, 4.69) is 26.4 Å². The zero-order valence-corrected chi connectivity index (χ0v) is 13.7. The van der Waals surface area contributed by atoms with Crippen LogP contribution in [0.25, 0.3) is 4.96 Å². The van der Waals surface area contributed by atoms with Gasteiger partial charge < -0.3 is 9.84 Å². The van der Waals surface area contributed by atoms with E-state index in [4.69, 9.17) is 4.74 Å². The number of fused-ring (bicyclic) bond motifs is 1. The van der Waals surface area contributed by atoms with E-state index in [1.165, 1.54) is 20.7 Å². The number of thiophene rings is 1. The summed E-state index contributed by atoms with van der Waals surface area (Å²) in [6, 6.07) is 4.20. The minimum absolute atomic E-state index is 0.0395. The molecule has 22 heavy (non-hydrogen) atoms. The molecule has 3 aromatic rings. The van der Waals surface area contributed by atoms with Gasteiger partial charge in [0.2, 0.25) is 10.8 Å². The molecular weight excluding hydrogens is 320 g/mol. The topological polar surface area (TPSA) is 62.9 Å². The van der Waals surface area contributed by atoms with Gasteiger partial charge in [0.1, 0.15) is 5.82 Å². The molecule has 0 saturated carbocycles. The maximum absolute atomic E-state index is 10.6. The lowest BCUT2D eigenvalue weighted by atomic mass is 10.1. The van der Waals surface area contributed by atoms with E-state index in [1.807, 2.05) is 13.0 Å². The van der Waals surface area contributed by atoms with Crippen LogP contribution in [0, 0.1) is 6.92 Å². The first-order valence-electron chi connectivity index (χ1n) is 7.14. The van der Waals surface area contributed by atoms with Gasteiger partial charge in [0, 0.05) is 18.0 Å². The number of ether oxygens (including phenoxy) is 1. The van der Waals surface area contributed by atoms with Crippen molar-refractivity contribution in [2.24, 2.45) is 0 Å². The lowest BCUT2D eigenvalue weighted by Gasteiger charge is -2.33. The van der Waals surface area contributed by atoms with Crippen LogP contribution in [0.1, 0.15) is 21.6 Å². The van der Waals surface area contributed by atoms with Gasteiger partial charge in [-0.1, -0.05) is 17.4 Å². The standard InChI is InChI=1S/C14H16N4O2S2/c1-9-15-14-18(16-9)13(19)12(22-14)11(10-3-2-8-21-10)17-4-6-20-7-5-17/h2-3,8,11,19H,4-7H2,1H3/t11-/m0/s1. The summed E-state index contributed by atoms with van der Waals surface area (Å²) >= 11 is 3.22. The van der Waals surface area contributed by atoms with Gasteiger partial charge in [0.25, 0.3) is 0 Å². The minimum atomic E-state index is 0.0395. The molecule has 1 fully saturated rings. The van der Waals surface area contributed by atoms with Crippen LogP contribution in [0.15, 0.2) is 17.5 Å². The summed E-state index contributed by atoms with van der Waals surface area (Å²) in [6.07, 6.45) is 0. The average Bonchev–Trinajstić information content (AvgIpc) is 3.22. The van der Waals surface area contributed by atoms with E-state index in [1.54, 1.807) is 11.3 Å². The summed E-state index contributed by atoms with van der Waals surface area (Å²) < 4.78 is 7.00. The number of aromatic hydroxyl groups is 1. The van der Waals surface area contributed by atoms with Gasteiger partial charge >= 0.3 is 0 Å². The van der Waals surface area contributed by atoms with Gasteiger partial charge in [0.05, 0.1) is 24.1 Å². The molecule has 0 aromatic carbocycles. The third kappa shape index (κ3) is 2.32. The molecule has 4 rings (SSSR count). The molecule has 0 unspecified atom stereocenters. The predicted molar refractivity (Wildman–Crippen MR) is 85.8 cm³/mol. The Kier molecular flexibility index (Phi) is 3.61. The number of aryl methyl sites for hydroxylation is 1. The first-order chi connectivity index (χ1) is 10.7. The van der Waals surface area contributed by atoms with Crippen molar-refractivity contribution in [3.8, 4) is 5.88 Å². The Labute approximate surface area is 135 Å². The lowest BCUT2D eigenvalue weighted by Crippen LogP contribution is -2.39. The van der Waals surface area contributed by atoms with Gasteiger partial charge in [-0.2, -0.15) is 4.52 Å². The average molecular weight is 336 g/mol. The number of aromatic nitrogens is 3. The highest BCUT2D eigenvalue weighted by Crippen LogP contribution is 2.41. The molecule has 8 heteroatoms. The highest BCUT2D eigenvalue weighted by atomic mass is 32.1. The highest BCUT2D eigenvalue weighted by Gasteiger charge is 2.31. The summed E-state index contributed by atoms with van der Waals surface area (Å²) in [4.78, 5) is 9.59. The van der Waals surface area contributed by atoms with Crippen molar-refractivity contribution in [3.05, 3.63) is 33.1 Å². The fourth-order valence-corrected chi connectivity index (χ4v) is 4.88. The Morgan fingerprint density at radius 3 is 2.86 bits per heavy atom. The maximum atomic E-state index is 10.6. The second-order valence-electron chi connectivity index (χ2n) is 5.21. The molecule has 3 aromatic heterocycles. The fourth-order valence-electron chi connectivity index (χ4n) is 2.78. The molecule has 1 aliphatic heterocycles. The number of thiazole rings is 1. The Bertz CT molecular complexity index is 774. The number of morpholine rings is 1. The lowest BCUT2D eigenvalue weighted by molar-refractivity contribution is 0.0247. The van der Waals surface area contributed by atoms with Crippen molar-refractivity contribution in [2.75, 3.05) is 26.3 Å². The van der Waals surface area contributed by atoms with Crippen LogP contribution >= 0.6 is 22.7 Å². The molecule has 1 atom stereocenters. The third-order valence-corrected chi connectivity index (χ3v) is 5.77. The largest absolute Gasteiger partial charge is 0.492 e. The minimum Gasteiger partial charge on any atom is -0.492 e. The summed E-state index contributed by atoms with van der Waals surface area (Å²) in [5.41, 5.74) is 0. The highest BCUT2D eigenvalue weighted by molar-refractivity contribution is 7.17. The van der Waals surface area contributed by atoms with Gasteiger partial charge in [-0.3, -0.25) is 4.90 Å². The molecule has 0 amide bonds. The number of hydrogen-bond donors (Lipinski definition) is 1. The molecule has 0 spiro atoms. The maximum Gasteiger partial charge on any atom is 0.230 e. The van der Waals surface area contributed by atoms with Crippen molar-refractivity contribution in [1.29, 1.82) is 0 Å². The second kappa shape index (κ2) is 5.62. The molecule has 0 bridgehead atoms. The second-order valence-corrected chi connectivity index (χ2v) is 7.20. The third-order valence-electron chi connectivity index (χ3n) is 3.78.